The van der Waals surface area contributed by atoms with Crippen molar-refractivity contribution < 1.29 is 14.3 Å². The Morgan fingerprint density at radius 3 is 2.68 bits per heavy atom. The van der Waals surface area contributed by atoms with E-state index in [1.54, 1.807) is 12.1 Å². The van der Waals surface area contributed by atoms with Gasteiger partial charge < -0.3 is 9.30 Å². The predicted octanol–water partition coefficient (Wildman–Crippen LogP) is 4.53. The fraction of sp³-hybridized carbons (Fsp3) is 0.111. The minimum atomic E-state index is -0.496. The SMILES string of the molecule is COC(=O)Cn1c(=NC(=O)c2nc3ccccc3s2)sc2ccc(Cl)c(Cl)c21. The zero-order valence-electron chi connectivity index (χ0n) is 14.3. The molecule has 0 bridgehead atoms. The molecule has 2 aromatic heterocycles. The van der Waals surface area contributed by atoms with E-state index in [1.165, 1.54) is 34.4 Å². The number of ether oxygens (including phenoxy) is 1. The molecule has 0 radical (unpaired) electrons. The lowest BCUT2D eigenvalue weighted by atomic mass is 10.3. The number of hydrogen-bond acceptors (Lipinski definition) is 6. The van der Waals surface area contributed by atoms with Crippen molar-refractivity contribution in [2.24, 2.45) is 4.99 Å². The van der Waals surface area contributed by atoms with Crippen LogP contribution in [0.5, 0.6) is 0 Å². The van der Waals surface area contributed by atoms with E-state index in [9.17, 15) is 9.59 Å². The fourth-order valence-electron chi connectivity index (χ4n) is 2.63. The van der Waals surface area contributed by atoms with Crippen LogP contribution in [0.1, 0.15) is 9.80 Å². The number of nitrogens with zero attached hydrogens (tertiary/aromatic N) is 3. The van der Waals surface area contributed by atoms with Crippen molar-refractivity contribution in [1.82, 2.24) is 9.55 Å². The summed E-state index contributed by atoms with van der Waals surface area (Å²) in [7, 11) is 1.29. The van der Waals surface area contributed by atoms with E-state index < -0.39 is 11.9 Å². The summed E-state index contributed by atoms with van der Waals surface area (Å²) in [6, 6.07) is 10.9. The van der Waals surface area contributed by atoms with Gasteiger partial charge in [-0.25, -0.2) is 4.98 Å². The summed E-state index contributed by atoms with van der Waals surface area (Å²) in [5.41, 5.74) is 1.26. The minimum absolute atomic E-state index is 0.150. The molecule has 0 spiro atoms. The molecule has 0 aliphatic carbocycles. The highest BCUT2D eigenvalue weighted by atomic mass is 35.5. The summed E-state index contributed by atoms with van der Waals surface area (Å²) < 4.78 is 7.93. The first-order chi connectivity index (χ1) is 13.5. The second-order valence-electron chi connectivity index (χ2n) is 5.66. The third-order valence-corrected chi connectivity index (χ3v) is 6.79. The number of para-hydroxylation sites is 1. The van der Waals surface area contributed by atoms with Gasteiger partial charge in [-0.15, -0.1) is 11.3 Å². The van der Waals surface area contributed by atoms with Crippen LogP contribution >= 0.6 is 45.9 Å². The molecule has 0 fully saturated rings. The van der Waals surface area contributed by atoms with Crippen LogP contribution < -0.4 is 4.80 Å². The van der Waals surface area contributed by atoms with Gasteiger partial charge in [0.15, 0.2) is 9.81 Å². The first-order valence-electron chi connectivity index (χ1n) is 7.96. The van der Waals surface area contributed by atoms with Crippen molar-refractivity contribution >= 4 is 78.2 Å². The molecule has 0 saturated carbocycles. The molecular formula is C18H11Cl2N3O3S2. The second kappa shape index (κ2) is 7.63. The van der Waals surface area contributed by atoms with Crippen molar-refractivity contribution in [2.45, 2.75) is 6.54 Å². The molecule has 4 rings (SSSR count). The number of benzene rings is 2. The molecule has 142 valence electrons. The van der Waals surface area contributed by atoms with Gasteiger partial charge in [0.05, 0.1) is 37.6 Å². The average molecular weight is 452 g/mol. The van der Waals surface area contributed by atoms with E-state index in [1.807, 2.05) is 24.3 Å². The molecule has 0 N–H and O–H groups in total. The summed E-state index contributed by atoms with van der Waals surface area (Å²) in [4.78, 5) is 33.5. The number of thiazole rings is 2. The molecule has 0 saturated heterocycles. The molecule has 2 aromatic carbocycles. The molecular weight excluding hydrogens is 441 g/mol. The number of amides is 1. The van der Waals surface area contributed by atoms with E-state index >= 15 is 0 Å². The molecule has 0 unspecified atom stereocenters. The van der Waals surface area contributed by atoms with Crippen molar-refractivity contribution in [2.75, 3.05) is 7.11 Å². The Kier molecular flexibility index (Phi) is 5.20. The molecule has 10 heteroatoms. The van der Waals surface area contributed by atoms with Crippen molar-refractivity contribution in [3.63, 3.8) is 0 Å². The Hall–Kier alpha value is -2.26. The number of hydrogen-bond donors (Lipinski definition) is 0. The Bertz CT molecular complexity index is 1270. The molecule has 1 amide bonds. The normalized spacial score (nSPS) is 12.0. The maximum absolute atomic E-state index is 12.7. The van der Waals surface area contributed by atoms with E-state index in [-0.39, 0.29) is 16.6 Å². The molecule has 28 heavy (non-hydrogen) atoms. The van der Waals surface area contributed by atoms with Crippen LogP contribution in [-0.4, -0.2) is 28.5 Å². The van der Waals surface area contributed by atoms with E-state index in [4.69, 9.17) is 27.9 Å². The lowest BCUT2D eigenvalue weighted by molar-refractivity contribution is -0.141. The molecule has 0 aliphatic heterocycles. The quantitative estimate of drug-likeness (QED) is 0.428. The smallest absolute Gasteiger partial charge is 0.325 e. The Labute approximate surface area is 176 Å². The summed E-state index contributed by atoms with van der Waals surface area (Å²) in [6.45, 7) is -0.150. The van der Waals surface area contributed by atoms with Crippen LogP contribution in [0.25, 0.3) is 20.4 Å². The van der Waals surface area contributed by atoms with Crippen LogP contribution in [0.3, 0.4) is 0 Å². The topological polar surface area (TPSA) is 73.6 Å². The van der Waals surface area contributed by atoms with E-state index in [0.29, 0.717) is 15.3 Å². The molecule has 6 nitrogen and oxygen atoms in total. The summed E-state index contributed by atoms with van der Waals surface area (Å²) in [6.07, 6.45) is 0. The Morgan fingerprint density at radius 1 is 1.14 bits per heavy atom. The van der Waals surface area contributed by atoms with Gasteiger partial charge in [0.1, 0.15) is 6.54 Å². The monoisotopic (exact) mass is 451 g/mol. The maximum atomic E-state index is 12.7. The van der Waals surface area contributed by atoms with Crippen LogP contribution in [-0.2, 0) is 16.1 Å². The van der Waals surface area contributed by atoms with Crippen LogP contribution in [0, 0.1) is 0 Å². The zero-order valence-corrected chi connectivity index (χ0v) is 17.5. The van der Waals surface area contributed by atoms with Gasteiger partial charge in [-0.2, -0.15) is 4.99 Å². The minimum Gasteiger partial charge on any atom is -0.468 e. The maximum Gasteiger partial charge on any atom is 0.325 e. The number of esters is 1. The zero-order chi connectivity index (χ0) is 19.8. The molecule has 2 heterocycles. The van der Waals surface area contributed by atoms with Crippen LogP contribution in [0.2, 0.25) is 10.0 Å². The number of carbonyl (C=O) groups is 2. The van der Waals surface area contributed by atoms with Gasteiger partial charge in [0.2, 0.25) is 0 Å². The third-order valence-electron chi connectivity index (χ3n) is 3.92. The van der Waals surface area contributed by atoms with Crippen LogP contribution in [0.4, 0.5) is 0 Å². The number of methoxy groups -OCH3 is 1. The van der Waals surface area contributed by atoms with Crippen molar-refractivity contribution in [3.05, 3.63) is 56.3 Å². The first-order valence-corrected chi connectivity index (χ1v) is 10.4. The lowest BCUT2D eigenvalue weighted by Gasteiger charge is -2.05. The van der Waals surface area contributed by atoms with Gasteiger partial charge in [-0.3, -0.25) is 9.59 Å². The number of fused-ring (bicyclic) bond motifs is 2. The summed E-state index contributed by atoms with van der Waals surface area (Å²) >= 11 is 15.0. The standard InChI is InChI=1S/C18H11Cl2N3O3S2/c1-26-13(24)8-23-15-12(7-6-9(19)14(15)20)28-18(23)22-16(25)17-21-10-4-2-3-5-11(10)27-17/h2-7H,8H2,1H3. The van der Waals surface area contributed by atoms with Gasteiger partial charge >= 0.3 is 11.9 Å². The second-order valence-corrected chi connectivity index (χ2v) is 8.48. The van der Waals surface area contributed by atoms with Crippen molar-refractivity contribution in [1.29, 1.82) is 0 Å². The number of aromatic nitrogens is 2. The van der Waals surface area contributed by atoms with E-state index in [2.05, 4.69) is 9.98 Å². The van der Waals surface area contributed by atoms with Gasteiger partial charge in [0.25, 0.3) is 0 Å². The largest absolute Gasteiger partial charge is 0.468 e. The van der Waals surface area contributed by atoms with Crippen molar-refractivity contribution in [3.8, 4) is 0 Å². The predicted molar refractivity (Wildman–Crippen MR) is 111 cm³/mol. The fourth-order valence-corrected chi connectivity index (χ4v) is 4.99. The van der Waals surface area contributed by atoms with Gasteiger partial charge in [0, 0.05) is 0 Å². The van der Waals surface area contributed by atoms with Crippen LogP contribution in [0.15, 0.2) is 41.4 Å². The van der Waals surface area contributed by atoms with Gasteiger partial charge in [-0.1, -0.05) is 46.7 Å². The highest BCUT2D eigenvalue weighted by Gasteiger charge is 2.17. The average Bonchev–Trinajstić information content (AvgIpc) is 3.27. The highest BCUT2D eigenvalue weighted by molar-refractivity contribution is 7.20. The molecule has 0 aliphatic rings. The first kappa shape index (κ1) is 19.1. The summed E-state index contributed by atoms with van der Waals surface area (Å²) in [5.74, 6) is -0.988. The molecule has 0 atom stereocenters. The third kappa shape index (κ3) is 3.44. The van der Waals surface area contributed by atoms with E-state index in [0.717, 1.165) is 14.9 Å². The number of halogens is 2. The Morgan fingerprint density at radius 2 is 1.93 bits per heavy atom. The lowest BCUT2D eigenvalue weighted by Crippen LogP contribution is -2.22. The number of carbonyl (C=O) groups excluding carboxylic acids is 2. The van der Waals surface area contributed by atoms with Gasteiger partial charge in [-0.05, 0) is 24.3 Å². The highest BCUT2D eigenvalue weighted by Crippen LogP contribution is 2.32. The summed E-state index contributed by atoms with van der Waals surface area (Å²) in [5, 5.41) is 0.898. The number of rotatable bonds is 3. The molecule has 4 aromatic rings. The Balaban J connectivity index is 1.88.